The van der Waals surface area contributed by atoms with Gasteiger partial charge in [-0.15, -0.1) is 12.4 Å². The molecule has 0 aromatic heterocycles. The number of carbonyl (C=O) groups is 1. The monoisotopic (exact) mass is 242 g/mol. The summed E-state index contributed by atoms with van der Waals surface area (Å²) < 4.78 is 0. The van der Waals surface area contributed by atoms with Gasteiger partial charge in [0.2, 0.25) is 0 Å². The van der Waals surface area contributed by atoms with E-state index in [0.717, 1.165) is 11.1 Å². The van der Waals surface area contributed by atoms with Crippen molar-refractivity contribution in [2.45, 2.75) is 26.8 Å². The molecule has 0 aliphatic rings. The van der Waals surface area contributed by atoms with E-state index in [1.165, 1.54) is 0 Å². The Morgan fingerprint density at radius 1 is 1.31 bits per heavy atom. The molecule has 0 saturated heterocycles. The van der Waals surface area contributed by atoms with Crippen LogP contribution in [-0.4, -0.2) is 18.5 Å². The summed E-state index contributed by atoms with van der Waals surface area (Å²) in [5.41, 5.74) is 8.34. The molecule has 0 aliphatic heterocycles. The number of carbonyl (C=O) groups excluding carboxylic acids is 1. The number of benzene rings is 1. The van der Waals surface area contributed by atoms with Crippen LogP contribution in [0.3, 0.4) is 0 Å². The van der Waals surface area contributed by atoms with Crippen LogP contribution in [0, 0.1) is 13.8 Å². The zero-order valence-electron chi connectivity index (χ0n) is 9.91. The van der Waals surface area contributed by atoms with E-state index in [4.69, 9.17) is 5.73 Å². The first-order chi connectivity index (χ1) is 7.02. The highest BCUT2D eigenvalue weighted by molar-refractivity contribution is 5.94. The van der Waals surface area contributed by atoms with Gasteiger partial charge in [-0.05, 0) is 32.9 Å². The lowest BCUT2D eigenvalue weighted by Gasteiger charge is -2.12. The number of nitrogens with one attached hydrogen (secondary N) is 1. The second kappa shape index (κ2) is 6.51. The third kappa shape index (κ3) is 4.21. The Balaban J connectivity index is 0.00000225. The molecule has 0 heterocycles. The Bertz CT molecular complexity index is 346. The molecule has 1 amide bonds. The molecule has 90 valence electrons. The van der Waals surface area contributed by atoms with E-state index in [-0.39, 0.29) is 24.4 Å². The molecule has 0 aliphatic carbocycles. The normalized spacial score (nSPS) is 11.5. The molecule has 1 atom stereocenters. The smallest absolute Gasteiger partial charge is 0.251 e. The third-order valence-electron chi connectivity index (χ3n) is 2.21. The summed E-state index contributed by atoms with van der Waals surface area (Å²) in [5.74, 6) is -0.0558. The molecule has 1 aromatic carbocycles. The summed E-state index contributed by atoms with van der Waals surface area (Å²) in [4.78, 5) is 11.8. The number of rotatable bonds is 3. The van der Waals surface area contributed by atoms with Gasteiger partial charge in [-0.2, -0.15) is 0 Å². The van der Waals surface area contributed by atoms with Crippen LogP contribution in [0.1, 0.15) is 28.4 Å². The fourth-order valence-corrected chi connectivity index (χ4v) is 1.47. The minimum atomic E-state index is -0.0558. The Labute approximate surface area is 103 Å². The van der Waals surface area contributed by atoms with Crippen molar-refractivity contribution in [3.63, 3.8) is 0 Å². The van der Waals surface area contributed by atoms with Gasteiger partial charge in [-0.25, -0.2) is 0 Å². The predicted octanol–water partition coefficient (Wildman–Crippen LogP) is 1.80. The van der Waals surface area contributed by atoms with Crippen LogP contribution in [0.5, 0.6) is 0 Å². The van der Waals surface area contributed by atoms with Crippen molar-refractivity contribution in [1.82, 2.24) is 5.32 Å². The summed E-state index contributed by atoms with van der Waals surface area (Å²) in [7, 11) is 0. The molecule has 1 rings (SSSR count). The van der Waals surface area contributed by atoms with E-state index in [0.29, 0.717) is 12.1 Å². The van der Waals surface area contributed by atoms with Crippen molar-refractivity contribution in [2.24, 2.45) is 5.73 Å². The minimum Gasteiger partial charge on any atom is -0.348 e. The maximum Gasteiger partial charge on any atom is 0.251 e. The maximum atomic E-state index is 11.8. The van der Waals surface area contributed by atoms with E-state index >= 15 is 0 Å². The van der Waals surface area contributed by atoms with Crippen LogP contribution in [0.4, 0.5) is 0 Å². The van der Waals surface area contributed by atoms with Crippen molar-refractivity contribution in [1.29, 1.82) is 0 Å². The highest BCUT2D eigenvalue weighted by atomic mass is 35.5. The summed E-state index contributed by atoms with van der Waals surface area (Å²) >= 11 is 0. The van der Waals surface area contributed by atoms with E-state index in [1.54, 1.807) is 0 Å². The fourth-order valence-electron chi connectivity index (χ4n) is 1.47. The molecule has 0 bridgehead atoms. The van der Waals surface area contributed by atoms with Gasteiger partial charge in [0.15, 0.2) is 0 Å². The number of hydrogen-bond donors (Lipinski definition) is 2. The zero-order valence-corrected chi connectivity index (χ0v) is 10.7. The first kappa shape index (κ1) is 14.9. The predicted molar refractivity (Wildman–Crippen MR) is 69.1 cm³/mol. The standard InChI is InChI=1S/C12H18N2O.ClH/c1-8-4-9(2)6-11(5-8)12(15)14-10(3)7-13;/h4-6,10H,7,13H2,1-3H3,(H,14,15);1H/t10-;/m1./s1. The van der Waals surface area contributed by atoms with Gasteiger partial charge in [-0.3, -0.25) is 4.79 Å². The number of amides is 1. The summed E-state index contributed by atoms with van der Waals surface area (Å²) in [6, 6.07) is 5.82. The highest BCUT2D eigenvalue weighted by Gasteiger charge is 2.08. The zero-order chi connectivity index (χ0) is 11.4. The van der Waals surface area contributed by atoms with E-state index in [9.17, 15) is 4.79 Å². The lowest BCUT2D eigenvalue weighted by atomic mass is 10.1. The molecule has 0 unspecified atom stereocenters. The first-order valence-electron chi connectivity index (χ1n) is 5.12. The summed E-state index contributed by atoms with van der Waals surface area (Å²) in [6.45, 7) is 6.31. The Morgan fingerprint density at radius 3 is 2.25 bits per heavy atom. The van der Waals surface area contributed by atoms with Gasteiger partial charge in [-0.1, -0.05) is 17.2 Å². The Morgan fingerprint density at radius 2 is 1.81 bits per heavy atom. The summed E-state index contributed by atoms with van der Waals surface area (Å²) in [5, 5.41) is 2.84. The third-order valence-corrected chi connectivity index (χ3v) is 2.21. The average Bonchev–Trinajstić information content (AvgIpc) is 2.16. The van der Waals surface area contributed by atoms with Crippen LogP contribution >= 0.6 is 12.4 Å². The van der Waals surface area contributed by atoms with Gasteiger partial charge in [0.05, 0.1) is 0 Å². The SMILES string of the molecule is Cc1cc(C)cc(C(=O)N[C@H](C)CN)c1.Cl. The van der Waals surface area contributed by atoms with E-state index in [1.807, 2.05) is 39.0 Å². The largest absolute Gasteiger partial charge is 0.348 e. The average molecular weight is 243 g/mol. The van der Waals surface area contributed by atoms with E-state index in [2.05, 4.69) is 5.32 Å². The van der Waals surface area contributed by atoms with Crippen molar-refractivity contribution >= 4 is 18.3 Å². The number of nitrogens with two attached hydrogens (primary N) is 1. The quantitative estimate of drug-likeness (QED) is 0.849. The van der Waals surface area contributed by atoms with Gasteiger partial charge < -0.3 is 11.1 Å². The maximum absolute atomic E-state index is 11.8. The Hall–Kier alpha value is -1.06. The second-order valence-electron chi connectivity index (χ2n) is 3.99. The van der Waals surface area contributed by atoms with Crippen LogP contribution in [-0.2, 0) is 0 Å². The van der Waals surface area contributed by atoms with Crippen LogP contribution in [0.25, 0.3) is 0 Å². The molecular weight excluding hydrogens is 224 g/mol. The molecule has 0 radical (unpaired) electrons. The van der Waals surface area contributed by atoms with Gasteiger partial charge >= 0.3 is 0 Å². The molecule has 0 spiro atoms. The molecule has 16 heavy (non-hydrogen) atoms. The fraction of sp³-hybridized carbons (Fsp3) is 0.417. The van der Waals surface area contributed by atoms with Crippen LogP contribution in [0.2, 0.25) is 0 Å². The topological polar surface area (TPSA) is 55.1 Å². The lowest BCUT2D eigenvalue weighted by molar-refractivity contribution is 0.0941. The van der Waals surface area contributed by atoms with Crippen molar-refractivity contribution in [3.05, 3.63) is 34.9 Å². The van der Waals surface area contributed by atoms with E-state index < -0.39 is 0 Å². The highest BCUT2D eigenvalue weighted by Crippen LogP contribution is 2.08. The van der Waals surface area contributed by atoms with Crippen LogP contribution in [0.15, 0.2) is 18.2 Å². The van der Waals surface area contributed by atoms with Gasteiger partial charge in [0, 0.05) is 18.2 Å². The minimum absolute atomic E-state index is 0. The summed E-state index contributed by atoms with van der Waals surface area (Å²) in [6.07, 6.45) is 0. The van der Waals surface area contributed by atoms with Crippen molar-refractivity contribution < 1.29 is 4.79 Å². The molecule has 0 fully saturated rings. The second-order valence-corrected chi connectivity index (χ2v) is 3.99. The molecule has 0 saturated carbocycles. The van der Waals surface area contributed by atoms with Crippen molar-refractivity contribution in [3.8, 4) is 0 Å². The molecule has 4 heteroatoms. The molecule has 1 aromatic rings. The first-order valence-corrected chi connectivity index (χ1v) is 5.12. The number of aryl methyl sites for hydroxylation is 2. The lowest BCUT2D eigenvalue weighted by Crippen LogP contribution is -2.37. The van der Waals surface area contributed by atoms with Gasteiger partial charge in [0.25, 0.3) is 5.91 Å². The van der Waals surface area contributed by atoms with Gasteiger partial charge in [0.1, 0.15) is 0 Å². The molecule has 3 nitrogen and oxygen atoms in total. The van der Waals surface area contributed by atoms with Crippen LogP contribution < -0.4 is 11.1 Å². The number of hydrogen-bond acceptors (Lipinski definition) is 2. The number of halogens is 1. The molecular formula is C12H19ClN2O. The Kier molecular flexibility index (Phi) is 6.08. The van der Waals surface area contributed by atoms with Crippen molar-refractivity contribution in [2.75, 3.05) is 6.54 Å². The molecule has 3 N–H and O–H groups in total.